The molecule has 0 unspecified atom stereocenters. The van der Waals surface area contributed by atoms with Gasteiger partial charge in [-0.25, -0.2) is 13.4 Å². The topological polar surface area (TPSA) is 147 Å². The van der Waals surface area contributed by atoms with E-state index < -0.39 is 10.0 Å². The van der Waals surface area contributed by atoms with Crippen molar-refractivity contribution < 1.29 is 18.3 Å². The average molecular weight is 596 g/mol. The van der Waals surface area contributed by atoms with E-state index in [0.717, 1.165) is 18.5 Å². The Morgan fingerprint density at radius 3 is 2.57 bits per heavy atom. The van der Waals surface area contributed by atoms with Crippen LogP contribution in [-0.2, 0) is 23.0 Å². The molecule has 0 radical (unpaired) electrons. The van der Waals surface area contributed by atoms with Crippen LogP contribution in [0.3, 0.4) is 0 Å². The molecule has 12 nitrogen and oxygen atoms in total. The minimum absolute atomic E-state index is 0.0346. The van der Waals surface area contributed by atoms with E-state index >= 15 is 0 Å². The SMILES string of the molecule is CCCOc1ccc(S(=O)(=O)N2CCN(CCO)CC2)cc1-c1nc2c(CCC)nn(Cc3ccccn3)c2c(=O)[nH]1. The number of nitrogens with zero attached hydrogens (tertiary/aromatic N) is 6. The fourth-order valence-electron chi connectivity index (χ4n) is 5.12. The number of hydrogen-bond acceptors (Lipinski definition) is 9. The molecule has 0 amide bonds. The summed E-state index contributed by atoms with van der Waals surface area (Å²) < 4.78 is 36.4. The quantitative estimate of drug-likeness (QED) is 0.252. The second-order valence-corrected chi connectivity index (χ2v) is 12.2. The molecule has 5 rings (SSSR count). The minimum atomic E-state index is -3.82. The number of hydrogen-bond donors (Lipinski definition) is 2. The van der Waals surface area contributed by atoms with Gasteiger partial charge in [0.05, 0.1) is 41.6 Å². The molecule has 1 saturated heterocycles. The monoisotopic (exact) mass is 595 g/mol. The Hall–Kier alpha value is -3.65. The molecule has 224 valence electrons. The number of β-amino-alcohol motifs (C(OH)–C–C–N with tert-alkyl or cyclic N) is 1. The first-order valence-corrected chi connectivity index (χ1v) is 15.8. The number of piperazine rings is 1. The summed E-state index contributed by atoms with van der Waals surface area (Å²) in [6.45, 7) is 7.02. The molecule has 1 aromatic carbocycles. The van der Waals surface area contributed by atoms with E-state index in [1.165, 1.54) is 16.4 Å². The van der Waals surface area contributed by atoms with Crippen molar-refractivity contribution >= 4 is 21.1 Å². The number of aryl methyl sites for hydroxylation is 1. The van der Waals surface area contributed by atoms with Gasteiger partial charge in [0.2, 0.25) is 10.0 Å². The summed E-state index contributed by atoms with van der Waals surface area (Å²) in [7, 11) is -3.82. The van der Waals surface area contributed by atoms with Crippen LogP contribution < -0.4 is 10.3 Å². The second kappa shape index (κ2) is 13.1. The van der Waals surface area contributed by atoms with E-state index in [0.29, 0.717) is 80.3 Å². The van der Waals surface area contributed by atoms with Gasteiger partial charge >= 0.3 is 0 Å². The molecule has 0 bridgehead atoms. The van der Waals surface area contributed by atoms with Gasteiger partial charge in [-0.1, -0.05) is 26.3 Å². The molecule has 0 saturated carbocycles. The van der Waals surface area contributed by atoms with Crippen LogP contribution in [0.4, 0.5) is 0 Å². The Bertz CT molecular complexity index is 1680. The third-order valence-corrected chi connectivity index (χ3v) is 9.14. The Morgan fingerprint density at radius 1 is 1.07 bits per heavy atom. The van der Waals surface area contributed by atoms with Crippen molar-refractivity contribution in [3.8, 4) is 17.1 Å². The van der Waals surface area contributed by atoms with E-state index in [2.05, 4.69) is 9.97 Å². The number of sulfonamides is 1. The standard InChI is InChI=1S/C29H37N7O5S/c1-3-7-24-26-27(36(33-24)20-21-8-5-6-11-30-21)29(38)32-28(31-26)23-19-22(9-10-25(23)41-18-4-2)42(39,40)35-14-12-34(13-15-35)16-17-37/h5-6,8-11,19,37H,3-4,7,12-18,20H2,1-2H3,(H,31,32,38). The molecule has 1 aliphatic heterocycles. The summed E-state index contributed by atoms with van der Waals surface area (Å²) >= 11 is 0. The lowest BCUT2D eigenvalue weighted by molar-refractivity contribution is 0.151. The number of aromatic amines is 1. The molecule has 3 aromatic heterocycles. The van der Waals surface area contributed by atoms with E-state index in [9.17, 15) is 18.3 Å². The largest absolute Gasteiger partial charge is 0.493 e. The molecule has 0 aliphatic carbocycles. The first-order chi connectivity index (χ1) is 20.3. The number of aliphatic hydroxyl groups excluding tert-OH is 1. The van der Waals surface area contributed by atoms with E-state index in [-0.39, 0.29) is 22.9 Å². The van der Waals surface area contributed by atoms with Crippen molar-refractivity contribution in [3.63, 3.8) is 0 Å². The molecule has 13 heteroatoms. The zero-order valence-electron chi connectivity index (χ0n) is 24.0. The van der Waals surface area contributed by atoms with Crippen LogP contribution in [0.5, 0.6) is 5.75 Å². The third kappa shape index (κ3) is 6.24. The molecular formula is C29H37N7O5S. The van der Waals surface area contributed by atoms with Gasteiger partial charge in [-0.15, -0.1) is 0 Å². The van der Waals surface area contributed by atoms with E-state index in [4.69, 9.17) is 14.8 Å². The molecule has 1 fully saturated rings. The predicted octanol–water partition coefficient (Wildman–Crippen LogP) is 2.27. The van der Waals surface area contributed by atoms with E-state index in [1.54, 1.807) is 16.9 Å². The molecule has 4 heterocycles. The highest BCUT2D eigenvalue weighted by Crippen LogP contribution is 2.32. The first-order valence-electron chi connectivity index (χ1n) is 14.4. The van der Waals surface area contributed by atoms with Gasteiger partial charge in [-0.05, 0) is 43.2 Å². The van der Waals surface area contributed by atoms with Gasteiger partial charge < -0.3 is 14.8 Å². The summed E-state index contributed by atoms with van der Waals surface area (Å²) in [5, 5.41) is 13.9. The van der Waals surface area contributed by atoms with Crippen molar-refractivity contribution in [2.24, 2.45) is 0 Å². The van der Waals surface area contributed by atoms with Crippen LogP contribution in [0.25, 0.3) is 22.4 Å². The van der Waals surface area contributed by atoms with Gasteiger partial charge in [-0.2, -0.15) is 9.40 Å². The molecule has 0 atom stereocenters. The first kappa shape index (κ1) is 29.8. The third-order valence-electron chi connectivity index (χ3n) is 7.25. The van der Waals surface area contributed by atoms with Gasteiger partial charge in [0.1, 0.15) is 17.1 Å². The molecule has 2 N–H and O–H groups in total. The van der Waals surface area contributed by atoms with Gasteiger partial charge in [0.25, 0.3) is 5.56 Å². The van der Waals surface area contributed by atoms with Crippen molar-refractivity contribution in [2.45, 2.75) is 44.6 Å². The highest BCUT2D eigenvalue weighted by atomic mass is 32.2. The van der Waals surface area contributed by atoms with Gasteiger partial charge in [0.15, 0.2) is 5.52 Å². The number of rotatable bonds is 12. The minimum Gasteiger partial charge on any atom is -0.493 e. The van der Waals surface area contributed by atoms with Crippen molar-refractivity contribution in [2.75, 3.05) is 45.9 Å². The Kier molecular flexibility index (Phi) is 9.31. The van der Waals surface area contributed by atoms with Crippen LogP contribution in [0.15, 0.2) is 52.3 Å². The van der Waals surface area contributed by atoms with Gasteiger partial charge in [0, 0.05) is 38.9 Å². The van der Waals surface area contributed by atoms with E-state index in [1.807, 2.05) is 36.9 Å². The van der Waals surface area contributed by atoms with Crippen LogP contribution in [0.1, 0.15) is 38.1 Å². The van der Waals surface area contributed by atoms with Crippen LogP contribution in [0, 0.1) is 0 Å². The number of H-pyrrole nitrogens is 1. The summed E-state index contributed by atoms with van der Waals surface area (Å²) in [6.07, 6.45) is 3.88. The normalized spacial score (nSPS) is 14.9. The van der Waals surface area contributed by atoms with Gasteiger partial charge in [-0.3, -0.25) is 19.4 Å². The van der Waals surface area contributed by atoms with Crippen LogP contribution in [0.2, 0.25) is 0 Å². The summed E-state index contributed by atoms with van der Waals surface area (Å²) in [4.78, 5) is 27.8. The van der Waals surface area contributed by atoms with Crippen molar-refractivity contribution in [1.29, 1.82) is 0 Å². The highest BCUT2D eigenvalue weighted by Gasteiger charge is 2.30. The fraction of sp³-hybridized carbons (Fsp3) is 0.448. The summed E-state index contributed by atoms with van der Waals surface area (Å²) in [5.41, 5.74) is 2.28. The van der Waals surface area contributed by atoms with Crippen molar-refractivity contribution in [1.82, 2.24) is 33.9 Å². The number of aromatic nitrogens is 5. The zero-order chi connectivity index (χ0) is 29.7. The second-order valence-electron chi connectivity index (χ2n) is 10.3. The molecule has 1 aliphatic rings. The molecular weight excluding hydrogens is 558 g/mol. The summed E-state index contributed by atoms with van der Waals surface area (Å²) in [5.74, 6) is 0.655. The lowest BCUT2D eigenvalue weighted by Crippen LogP contribution is -2.49. The number of ether oxygens (including phenoxy) is 1. The number of aliphatic hydroxyl groups is 1. The zero-order valence-corrected chi connectivity index (χ0v) is 24.8. The number of nitrogens with one attached hydrogen (secondary N) is 1. The molecule has 42 heavy (non-hydrogen) atoms. The Labute approximate surface area is 245 Å². The fourth-order valence-corrected chi connectivity index (χ4v) is 6.57. The predicted molar refractivity (Wildman–Crippen MR) is 159 cm³/mol. The van der Waals surface area contributed by atoms with Crippen LogP contribution >= 0.6 is 0 Å². The Morgan fingerprint density at radius 2 is 1.88 bits per heavy atom. The lowest BCUT2D eigenvalue weighted by atomic mass is 10.1. The average Bonchev–Trinajstić information content (AvgIpc) is 3.34. The number of benzene rings is 1. The maximum absolute atomic E-state index is 13.7. The molecule has 0 spiro atoms. The molecule has 4 aromatic rings. The maximum atomic E-state index is 13.7. The van der Waals surface area contributed by atoms with Crippen molar-refractivity contribution in [3.05, 3.63) is 64.3 Å². The number of fused-ring (bicyclic) bond motifs is 1. The highest BCUT2D eigenvalue weighted by molar-refractivity contribution is 7.89. The number of pyridine rings is 1. The maximum Gasteiger partial charge on any atom is 0.277 e. The lowest BCUT2D eigenvalue weighted by Gasteiger charge is -2.33. The smallest absolute Gasteiger partial charge is 0.277 e. The Balaban J connectivity index is 1.57. The summed E-state index contributed by atoms with van der Waals surface area (Å²) in [6, 6.07) is 10.3. The van der Waals surface area contributed by atoms with Crippen LogP contribution in [-0.4, -0.2) is 93.4 Å².